The number of carbonyl (C=O) groups is 1. The fourth-order valence-corrected chi connectivity index (χ4v) is 1.40. The molecule has 1 rings (SSSR count). The molecule has 1 atom stereocenters. The summed E-state index contributed by atoms with van der Waals surface area (Å²) >= 11 is 0. The van der Waals surface area contributed by atoms with Gasteiger partial charge >= 0.3 is 0 Å². The Morgan fingerprint density at radius 3 is 2.56 bits per heavy atom. The number of nitrogens with one attached hydrogen (secondary N) is 1. The molecule has 0 bridgehead atoms. The van der Waals surface area contributed by atoms with Gasteiger partial charge in [-0.05, 0) is 30.5 Å². The molecule has 4 nitrogen and oxygen atoms in total. The van der Waals surface area contributed by atoms with Crippen LogP contribution < -0.4 is 10.1 Å². The second-order valence-corrected chi connectivity index (χ2v) is 4.15. The lowest BCUT2D eigenvalue weighted by molar-refractivity contribution is -0.123. The zero-order chi connectivity index (χ0) is 13.4. The molecule has 0 heterocycles. The van der Waals surface area contributed by atoms with Gasteiger partial charge in [0.15, 0.2) is 6.61 Å². The molecule has 0 saturated heterocycles. The SMILES string of the molecule is CCc1ccc(OCC(=O)NCC(O)CC)cc1. The fraction of sp³-hybridized carbons (Fsp3) is 0.500. The molecule has 0 saturated carbocycles. The normalized spacial score (nSPS) is 11.9. The van der Waals surface area contributed by atoms with Gasteiger partial charge in [0.05, 0.1) is 6.10 Å². The molecule has 1 aromatic carbocycles. The fourth-order valence-electron chi connectivity index (χ4n) is 1.40. The maximum absolute atomic E-state index is 11.4. The van der Waals surface area contributed by atoms with Gasteiger partial charge in [0.25, 0.3) is 5.91 Å². The van der Waals surface area contributed by atoms with Crippen molar-refractivity contribution in [3.63, 3.8) is 0 Å². The van der Waals surface area contributed by atoms with E-state index in [2.05, 4.69) is 12.2 Å². The minimum Gasteiger partial charge on any atom is -0.484 e. The van der Waals surface area contributed by atoms with Crippen LogP contribution in [0, 0.1) is 0 Å². The Bertz CT molecular complexity index is 362. The molecule has 0 spiro atoms. The molecule has 18 heavy (non-hydrogen) atoms. The molecule has 1 aromatic rings. The van der Waals surface area contributed by atoms with Gasteiger partial charge < -0.3 is 15.2 Å². The van der Waals surface area contributed by atoms with Crippen molar-refractivity contribution >= 4 is 5.91 Å². The molecule has 1 amide bonds. The van der Waals surface area contributed by atoms with E-state index in [1.165, 1.54) is 5.56 Å². The zero-order valence-electron chi connectivity index (χ0n) is 11.0. The van der Waals surface area contributed by atoms with Gasteiger partial charge in [-0.15, -0.1) is 0 Å². The quantitative estimate of drug-likeness (QED) is 0.772. The number of benzene rings is 1. The third-order valence-corrected chi connectivity index (χ3v) is 2.71. The van der Waals surface area contributed by atoms with Crippen molar-refractivity contribution in [2.24, 2.45) is 0 Å². The highest BCUT2D eigenvalue weighted by Crippen LogP contribution is 2.12. The largest absolute Gasteiger partial charge is 0.484 e. The first-order chi connectivity index (χ1) is 8.65. The minimum absolute atomic E-state index is 0.0259. The topological polar surface area (TPSA) is 58.6 Å². The van der Waals surface area contributed by atoms with Crippen LogP contribution in [0.25, 0.3) is 0 Å². The van der Waals surface area contributed by atoms with Gasteiger partial charge in [0.1, 0.15) is 5.75 Å². The number of amides is 1. The molecule has 0 aliphatic heterocycles. The first-order valence-electron chi connectivity index (χ1n) is 6.32. The first kappa shape index (κ1) is 14.5. The number of aryl methyl sites for hydroxylation is 1. The van der Waals surface area contributed by atoms with Gasteiger partial charge in [-0.2, -0.15) is 0 Å². The highest BCUT2D eigenvalue weighted by molar-refractivity contribution is 5.77. The Balaban J connectivity index is 2.29. The number of aliphatic hydroxyl groups excluding tert-OH is 1. The Hall–Kier alpha value is -1.55. The lowest BCUT2D eigenvalue weighted by Crippen LogP contribution is -2.35. The van der Waals surface area contributed by atoms with Crippen LogP contribution in [-0.2, 0) is 11.2 Å². The first-order valence-corrected chi connectivity index (χ1v) is 6.32. The Kier molecular flexibility index (Phi) is 6.22. The van der Waals surface area contributed by atoms with Gasteiger partial charge in [-0.25, -0.2) is 0 Å². The van der Waals surface area contributed by atoms with Crippen LogP contribution in [0.4, 0.5) is 0 Å². The summed E-state index contributed by atoms with van der Waals surface area (Å²) in [5.41, 5.74) is 1.23. The van der Waals surface area contributed by atoms with Gasteiger partial charge in [0.2, 0.25) is 0 Å². The van der Waals surface area contributed by atoms with E-state index in [1.54, 1.807) is 0 Å². The van der Waals surface area contributed by atoms with Gasteiger partial charge in [-0.1, -0.05) is 26.0 Å². The molecule has 1 unspecified atom stereocenters. The van der Waals surface area contributed by atoms with Gasteiger partial charge in [-0.3, -0.25) is 4.79 Å². The molecule has 0 aliphatic carbocycles. The van der Waals surface area contributed by atoms with E-state index in [1.807, 2.05) is 31.2 Å². The summed E-state index contributed by atoms with van der Waals surface area (Å²) in [6, 6.07) is 7.67. The van der Waals surface area contributed by atoms with Gasteiger partial charge in [0, 0.05) is 6.54 Å². The summed E-state index contributed by atoms with van der Waals surface area (Å²) in [7, 11) is 0. The number of ether oxygens (including phenoxy) is 1. The van der Waals surface area contributed by atoms with Crippen LogP contribution in [-0.4, -0.2) is 30.3 Å². The van der Waals surface area contributed by atoms with Crippen molar-refractivity contribution in [2.45, 2.75) is 32.8 Å². The Labute approximate surface area is 108 Å². The summed E-state index contributed by atoms with van der Waals surface area (Å²) in [6.07, 6.45) is 1.12. The average Bonchev–Trinajstić information content (AvgIpc) is 2.42. The van der Waals surface area contributed by atoms with Crippen LogP contribution in [0.2, 0.25) is 0 Å². The molecular formula is C14H21NO3. The third-order valence-electron chi connectivity index (χ3n) is 2.71. The van der Waals surface area contributed by atoms with Crippen LogP contribution >= 0.6 is 0 Å². The molecule has 0 fully saturated rings. The number of rotatable bonds is 7. The van der Waals surface area contributed by atoms with Crippen molar-refractivity contribution in [2.75, 3.05) is 13.2 Å². The van der Waals surface area contributed by atoms with E-state index >= 15 is 0 Å². The minimum atomic E-state index is -0.488. The van der Waals surface area contributed by atoms with Crippen LogP contribution in [0.15, 0.2) is 24.3 Å². The van der Waals surface area contributed by atoms with E-state index in [-0.39, 0.29) is 19.1 Å². The van der Waals surface area contributed by atoms with Crippen LogP contribution in [0.1, 0.15) is 25.8 Å². The van der Waals surface area contributed by atoms with Crippen molar-refractivity contribution in [1.82, 2.24) is 5.32 Å². The Morgan fingerprint density at radius 1 is 1.33 bits per heavy atom. The van der Waals surface area contributed by atoms with E-state index < -0.39 is 6.10 Å². The number of hydrogen-bond donors (Lipinski definition) is 2. The molecule has 0 aliphatic rings. The number of carbonyl (C=O) groups excluding carboxylic acids is 1. The van der Waals surface area contributed by atoms with E-state index in [0.29, 0.717) is 12.2 Å². The standard InChI is InChI=1S/C14H21NO3/c1-3-11-5-7-13(8-6-11)18-10-14(17)15-9-12(16)4-2/h5-8,12,16H,3-4,9-10H2,1-2H3,(H,15,17). The van der Waals surface area contributed by atoms with Crippen LogP contribution in [0.5, 0.6) is 5.75 Å². The summed E-state index contributed by atoms with van der Waals surface area (Å²) in [5.74, 6) is 0.459. The zero-order valence-corrected chi connectivity index (χ0v) is 11.0. The summed E-state index contributed by atoms with van der Waals surface area (Å²) in [6.45, 7) is 4.19. The van der Waals surface area contributed by atoms with Crippen LogP contribution in [0.3, 0.4) is 0 Å². The average molecular weight is 251 g/mol. The maximum atomic E-state index is 11.4. The molecule has 0 radical (unpaired) electrons. The van der Waals surface area contributed by atoms with E-state index in [0.717, 1.165) is 6.42 Å². The third kappa shape index (κ3) is 5.19. The smallest absolute Gasteiger partial charge is 0.258 e. The molecule has 100 valence electrons. The molecule has 0 aromatic heterocycles. The van der Waals surface area contributed by atoms with Crippen molar-refractivity contribution in [3.05, 3.63) is 29.8 Å². The van der Waals surface area contributed by atoms with E-state index in [4.69, 9.17) is 4.74 Å². The van der Waals surface area contributed by atoms with Crippen molar-refractivity contribution in [1.29, 1.82) is 0 Å². The molecule has 4 heteroatoms. The molecular weight excluding hydrogens is 230 g/mol. The monoisotopic (exact) mass is 251 g/mol. The summed E-state index contributed by atoms with van der Waals surface area (Å²) in [5, 5.41) is 11.9. The second kappa shape index (κ2) is 7.71. The maximum Gasteiger partial charge on any atom is 0.258 e. The van der Waals surface area contributed by atoms with Crippen molar-refractivity contribution in [3.8, 4) is 5.75 Å². The van der Waals surface area contributed by atoms with Crippen molar-refractivity contribution < 1.29 is 14.6 Å². The second-order valence-electron chi connectivity index (χ2n) is 4.15. The lowest BCUT2D eigenvalue weighted by atomic mass is 10.2. The lowest BCUT2D eigenvalue weighted by Gasteiger charge is -2.10. The predicted octanol–water partition coefficient (Wildman–Crippen LogP) is 1.51. The Morgan fingerprint density at radius 2 is 2.00 bits per heavy atom. The number of aliphatic hydroxyl groups is 1. The van der Waals surface area contributed by atoms with E-state index in [9.17, 15) is 9.90 Å². The predicted molar refractivity (Wildman–Crippen MR) is 70.6 cm³/mol. The summed E-state index contributed by atoms with van der Waals surface area (Å²) < 4.78 is 5.34. The molecule has 2 N–H and O–H groups in total. The highest BCUT2D eigenvalue weighted by Gasteiger charge is 2.05. The highest BCUT2D eigenvalue weighted by atomic mass is 16.5. The summed E-state index contributed by atoms with van der Waals surface area (Å²) in [4.78, 5) is 11.4. The number of hydrogen-bond acceptors (Lipinski definition) is 3.